The quantitative estimate of drug-likeness (QED) is 0.847. The van der Waals surface area contributed by atoms with Gasteiger partial charge < -0.3 is 5.32 Å². The summed E-state index contributed by atoms with van der Waals surface area (Å²) >= 11 is 5.58. The Labute approximate surface area is 114 Å². The third kappa shape index (κ3) is 4.70. The molecule has 0 aliphatic carbocycles. The van der Waals surface area contributed by atoms with E-state index in [0.29, 0.717) is 24.9 Å². The smallest absolute Gasteiger partial charge is 0.348 e. The zero-order valence-corrected chi connectivity index (χ0v) is 11.1. The summed E-state index contributed by atoms with van der Waals surface area (Å²) in [6.07, 6.45) is -2.51. The van der Waals surface area contributed by atoms with E-state index in [1.54, 1.807) is 0 Å². The van der Waals surface area contributed by atoms with Crippen molar-refractivity contribution in [3.8, 4) is 0 Å². The Morgan fingerprint density at radius 2 is 2.16 bits per heavy atom. The lowest BCUT2D eigenvalue weighted by atomic mass is 10.1. The first-order chi connectivity index (χ1) is 8.88. The van der Waals surface area contributed by atoms with E-state index >= 15 is 0 Å². The maximum atomic E-state index is 12.3. The Kier molecular flexibility index (Phi) is 5.60. The summed E-state index contributed by atoms with van der Waals surface area (Å²) in [4.78, 5) is 15.3. The van der Waals surface area contributed by atoms with E-state index in [4.69, 9.17) is 11.6 Å². The summed E-state index contributed by atoms with van der Waals surface area (Å²) < 4.78 is 37.0. The number of hydrogen-bond acceptors (Lipinski definition) is 2. The minimum absolute atomic E-state index is 0.0407. The van der Waals surface area contributed by atoms with Gasteiger partial charge in [-0.3, -0.25) is 9.78 Å². The number of carbonyl (C=O) groups excluding carboxylic acids is 1. The number of halogens is 4. The fraction of sp³-hybridized carbons (Fsp3) is 0.500. The van der Waals surface area contributed by atoms with Gasteiger partial charge in [-0.1, -0.05) is 6.92 Å². The highest BCUT2D eigenvalue weighted by molar-refractivity contribution is 6.17. The zero-order valence-electron chi connectivity index (χ0n) is 10.3. The van der Waals surface area contributed by atoms with Gasteiger partial charge in [0.1, 0.15) is 5.69 Å². The van der Waals surface area contributed by atoms with Crippen LogP contribution in [0.15, 0.2) is 18.3 Å². The van der Waals surface area contributed by atoms with Crippen molar-refractivity contribution in [1.82, 2.24) is 10.3 Å². The lowest BCUT2D eigenvalue weighted by Gasteiger charge is -2.15. The summed E-state index contributed by atoms with van der Waals surface area (Å²) in [5, 5.41) is 2.67. The fourth-order valence-electron chi connectivity index (χ4n) is 1.47. The van der Waals surface area contributed by atoms with Gasteiger partial charge in [0.05, 0.1) is 5.56 Å². The van der Waals surface area contributed by atoms with Crippen molar-refractivity contribution in [2.75, 3.05) is 5.88 Å². The molecule has 3 nitrogen and oxygen atoms in total. The van der Waals surface area contributed by atoms with E-state index in [1.165, 1.54) is 0 Å². The molecule has 1 aromatic heterocycles. The van der Waals surface area contributed by atoms with E-state index in [1.807, 2.05) is 6.92 Å². The van der Waals surface area contributed by atoms with Gasteiger partial charge in [-0.2, -0.15) is 13.2 Å². The van der Waals surface area contributed by atoms with Gasteiger partial charge >= 0.3 is 6.18 Å². The van der Waals surface area contributed by atoms with Gasteiger partial charge in [0, 0.05) is 18.1 Å². The molecule has 1 aromatic rings. The number of rotatable bonds is 5. The molecule has 1 heterocycles. The summed E-state index contributed by atoms with van der Waals surface area (Å²) in [6.45, 7) is 1.89. The van der Waals surface area contributed by atoms with Crippen molar-refractivity contribution in [2.24, 2.45) is 0 Å². The monoisotopic (exact) mass is 294 g/mol. The Balaban J connectivity index is 2.73. The summed E-state index contributed by atoms with van der Waals surface area (Å²) in [7, 11) is 0. The first-order valence-electron chi connectivity index (χ1n) is 5.78. The molecule has 106 valence electrons. The van der Waals surface area contributed by atoms with Crippen molar-refractivity contribution in [3.63, 3.8) is 0 Å². The van der Waals surface area contributed by atoms with Crippen LogP contribution in [-0.4, -0.2) is 22.8 Å². The number of carbonyl (C=O) groups is 1. The van der Waals surface area contributed by atoms with E-state index in [0.717, 1.165) is 12.1 Å². The number of pyridine rings is 1. The number of hydrogen-bond donors (Lipinski definition) is 1. The predicted molar refractivity (Wildman–Crippen MR) is 66.1 cm³/mol. The van der Waals surface area contributed by atoms with Gasteiger partial charge in [-0.25, -0.2) is 0 Å². The number of aromatic nitrogens is 1. The largest absolute Gasteiger partial charge is 0.417 e. The third-order valence-electron chi connectivity index (χ3n) is 2.61. The SMILES string of the molecule is CCC(CCCl)NC(=O)c1ccc(C(F)(F)F)cn1. The summed E-state index contributed by atoms with van der Waals surface area (Å²) in [5.41, 5.74) is -0.919. The van der Waals surface area contributed by atoms with Crippen LogP contribution in [0.4, 0.5) is 13.2 Å². The molecule has 1 atom stereocenters. The Bertz CT molecular complexity index is 420. The van der Waals surface area contributed by atoms with Crippen molar-refractivity contribution in [1.29, 1.82) is 0 Å². The molecule has 19 heavy (non-hydrogen) atoms. The second-order valence-electron chi connectivity index (χ2n) is 3.99. The van der Waals surface area contributed by atoms with Gasteiger partial charge in [0.15, 0.2) is 0 Å². The van der Waals surface area contributed by atoms with Crippen LogP contribution in [0.1, 0.15) is 35.8 Å². The van der Waals surface area contributed by atoms with E-state index < -0.39 is 17.6 Å². The van der Waals surface area contributed by atoms with Crippen LogP contribution in [-0.2, 0) is 6.18 Å². The molecule has 0 saturated heterocycles. The molecule has 1 N–H and O–H groups in total. The van der Waals surface area contributed by atoms with Crippen molar-refractivity contribution in [3.05, 3.63) is 29.6 Å². The molecular weight excluding hydrogens is 281 g/mol. The van der Waals surface area contributed by atoms with E-state index in [9.17, 15) is 18.0 Å². The molecule has 0 fully saturated rings. The third-order valence-corrected chi connectivity index (χ3v) is 2.83. The normalized spacial score (nSPS) is 13.1. The standard InChI is InChI=1S/C12H14ClF3N2O/c1-2-9(5-6-13)18-11(19)10-4-3-8(7-17-10)12(14,15)16/h3-4,7,9H,2,5-6H2,1H3,(H,18,19). The van der Waals surface area contributed by atoms with Crippen molar-refractivity contribution < 1.29 is 18.0 Å². The van der Waals surface area contributed by atoms with Crippen LogP contribution in [0.25, 0.3) is 0 Å². The highest BCUT2D eigenvalue weighted by Crippen LogP contribution is 2.28. The second-order valence-corrected chi connectivity index (χ2v) is 4.36. The van der Waals surface area contributed by atoms with E-state index in [2.05, 4.69) is 10.3 Å². The summed E-state index contributed by atoms with van der Waals surface area (Å²) in [5.74, 6) is -0.0927. The van der Waals surface area contributed by atoms with Gasteiger partial charge in [0.25, 0.3) is 5.91 Å². The Morgan fingerprint density at radius 1 is 1.47 bits per heavy atom. The van der Waals surface area contributed by atoms with Crippen LogP contribution in [0, 0.1) is 0 Å². The lowest BCUT2D eigenvalue weighted by molar-refractivity contribution is -0.137. The van der Waals surface area contributed by atoms with Crippen molar-refractivity contribution in [2.45, 2.75) is 32.0 Å². The average molecular weight is 295 g/mol. The molecule has 0 bridgehead atoms. The molecule has 1 rings (SSSR count). The second kappa shape index (κ2) is 6.75. The number of amides is 1. The van der Waals surface area contributed by atoms with Crippen molar-refractivity contribution >= 4 is 17.5 Å². The minimum atomic E-state index is -4.45. The molecule has 1 unspecified atom stereocenters. The molecule has 7 heteroatoms. The topological polar surface area (TPSA) is 42.0 Å². The van der Waals surface area contributed by atoms with Gasteiger partial charge in [-0.15, -0.1) is 11.6 Å². The summed E-state index contributed by atoms with van der Waals surface area (Å²) in [6, 6.07) is 1.80. The Hall–Kier alpha value is -1.30. The van der Waals surface area contributed by atoms with E-state index in [-0.39, 0.29) is 11.7 Å². The first-order valence-corrected chi connectivity index (χ1v) is 6.32. The lowest BCUT2D eigenvalue weighted by Crippen LogP contribution is -2.35. The molecule has 0 aromatic carbocycles. The predicted octanol–water partition coefficient (Wildman–Crippen LogP) is 3.24. The number of alkyl halides is 4. The van der Waals surface area contributed by atoms with Crippen LogP contribution in [0.5, 0.6) is 0 Å². The van der Waals surface area contributed by atoms with Gasteiger partial charge in [-0.05, 0) is 25.0 Å². The molecule has 0 radical (unpaired) electrons. The zero-order chi connectivity index (χ0) is 14.5. The van der Waals surface area contributed by atoms with Crippen LogP contribution < -0.4 is 5.32 Å². The number of nitrogens with zero attached hydrogens (tertiary/aromatic N) is 1. The maximum absolute atomic E-state index is 12.3. The fourth-order valence-corrected chi connectivity index (χ4v) is 1.73. The molecule has 0 spiro atoms. The maximum Gasteiger partial charge on any atom is 0.417 e. The molecular formula is C12H14ClF3N2O. The molecule has 0 aliphatic heterocycles. The van der Waals surface area contributed by atoms with Crippen LogP contribution in [0.3, 0.4) is 0 Å². The molecule has 0 aliphatic rings. The molecule has 1 amide bonds. The minimum Gasteiger partial charge on any atom is -0.348 e. The van der Waals surface area contributed by atoms with Crippen LogP contribution in [0.2, 0.25) is 0 Å². The average Bonchev–Trinajstić information content (AvgIpc) is 2.37. The Morgan fingerprint density at radius 3 is 2.58 bits per heavy atom. The van der Waals surface area contributed by atoms with Crippen LogP contribution >= 0.6 is 11.6 Å². The van der Waals surface area contributed by atoms with Gasteiger partial charge in [0.2, 0.25) is 0 Å². The highest BCUT2D eigenvalue weighted by atomic mass is 35.5. The first kappa shape index (κ1) is 15.8. The number of nitrogens with one attached hydrogen (secondary N) is 1. The molecule has 0 saturated carbocycles. The highest BCUT2D eigenvalue weighted by Gasteiger charge is 2.30.